The van der Waals surface area contributed by atoms with Crippen molar-refractivity contribution in [2.24, 2.45) is 0 Å². The lowest BCUT2D eigenvalue weighted by atomic mass is 10.3. The van der Waals surface area contributed by atoms with Crippen LogP contribution in [-0.4, -0.2) is 25.2 Å². The molecule has 0 aliphatic rings. The van der Waals surface area contributed by atoms with Gasteiger partial charge in [-0.15, -0.1) is 0 Å². The normalized spacial score (nSPS) is 11.5. The number of nitrogens with zero attached hydrogens (tertiary/aromatic N) is 1. The Hall–Kier alpha value is -0.410. The number of benzene rings is 1. The average molecular weight is 378 g/mol. The minimum atomic E-state index is -3.90. The van der Waals surface area contributed by atoms with Crippen LogP contribution in [-0.2, 0) is 10.0 Å². The number of sulfonamides is 1. The zero-order valence-electron chi connectivity index (χ0n) is 8.69. The molecule has 6 nitrogen and oxygen atoms in total. The van der Waals surface area contributed by atoms with E-state index in [-0.39, 0.29) is 16.5 Å². The maximum absolute atomic E-state index is 11.8. The number of halogens is 3. The summed E-state index contributed by atoms with van der Waals surface area (Å²) in [6.45, 7) is 0.134. The number of alkyl halides is 1. The van der Waals surface area contributed by atoms with Gasteiger partial charge in [-0.3, -0.25) is 10.1 Å². The van der Waals surface area contributed by atoms with E-state index in [4.69, 9.17) is 23.2 Å². The van der Waals surface area contributed by atoms with Crippen LogP contribution in [0, 0.1) is 10.1 Å². The van der Waals surface area contributed by atoms with Crippen molar-refractivity contribution in [3.05, 3.63) is 32.3 Å². The van der Waals surface area contributed by atoms with Crippen molar-refractivity contribution >= 4 is 54.8 Å². The zero-order chi connectivity index (χ0) is 13.9. The lowest BCUT2D eigenvalue weighted by Gasteiger charge is -2.08. The van der Waals surface area contributed by atoms with Gasteiger partial charge in [-0.1, -0.05) is 39.1 Å². The highest BCUT2D eigenvalue weighted by molar-refractivity contribution is 9.09. The molecule has 0 unspecified atom stereocenters. The van der Waals surface area contributed by atoms with E-state index in [1.807, 2.05) is 0 Å². The smallest absolute Gasteiger partial charge is 0.258 e. The molecule has 0 aromatic heterocycles. The summed E-state index contributed by atoms with van der Waals surface area (Å²) in [6.07, 6.45) is 0. The second kappa shape index (κ2) is 6.16. The summed E-state index contributed by atoms with van der Waals surface area (Å²) in [7, 11) is -3.90. The van der Waals surface area contributed by atoms with E-state index in [1.54, 1.807) is 0 Å². The summed E-state index contributed by atoms with van der Waals surface area (Å²) >= 11 is 14.4. The number of nitro groups is 1. The van der Waals surface area contributed by atoms with Crippen molar-refractivity contribution < 1.29 is 13.3 Å². The summed E-state index contributed by atoms with van der Waals surface area (Å²) in [5, 5.41) is 10.4. The highest BCUT2D eigenvalue weighted by Gasteiger charge is 2.27. The molecule has 0 saturated heterocycles. The van der Waals surface area contributed by atoms with Crippen molar-refractivity contribution in [1.82, 2.24) is 4.72 Å². The van der Waals surface area contributed by atoms with Crippen molar-refractivity contribution in [1.29, 1.82) is 0 Å². The summed E-state index contributed by atoms with van der Waals surface area (Å²) in [6, 6.07) is 2.24. The Labute approximate surface area is 122 Å². The van der Waals surface area contributed by atoms with E-state index in [2.05, 4.69) is 20.7 Å². The first kappa shape index (κ1) is 15.6. The van der Waals surface area contributed by atoms with E-state index in [0.717, 1.165) is 12.1 Å². The first-order chi connectivity index (χ1) is 8.31. The molecule has 0 aliphatic carbocycles. The largest absolute Gasteiger partial charge is 0.307 e. The fourth-order valence-electron chi connectivity index (χ4n) is 1.15. The van der Waals surface area contributed by atoms with E-state index < -0.39 is 25.7 Å². The Kier molecular flexibility index (Phi) is 5.35. The molecule has 0 aliphatic heterocycles. The Morgan fingerprint density at radius 1 is 1.39 bits per heavy atom. The number of nitro benzene ring substituents is 1. The molecule has 100 valence electrons. The minimum absolute atomic E-state index is 0.134. The van der Waals surface area contributed by atoms with Gasteiger partial charge in [-0.05, 0) is 12.1 Å². The molecular formula is C8H7BrCl2N2O4S. The van der Waals surface area contributed by atoms with Crippen LogP contribution in [0.4, 0.5) is 5.69 Å². The van der Waals surface area contributed by atoms with Crippen molar-refractivity contribution in [3.8, 4) is 0 Å². The minimum Gasteiger partial charge on any atom is -0.258 e. The lowest BCUT2D eigenvalue weighted by molar-refractivity contribution is -0.384. The van der Waals surface area contributed by atoms with E-state index in [0.29, 0.717) is 5.33 Å². The molecule has 10 heteroatoms. The first-order valence-electron chi connectivity index (χ1n) is 4.49. The summed E-state index contributed by atoms with van der Waals surface area (Å²) in [4.78, 5) is 9.55. The van der Waals surface area contributed by atoms with Gasteiger partial charge in [-0.25, -0.2) is 13.1 Å². The quantitative estimate of drug-likeness (QED) is 0.485. The fourth-order valence-corrected chi connectivity index (χ4v) is 3.53. The van der Waals surface area contributed by atoms with Crippen LogP contribution < -0.4 is 4.72 Å². The van der Waals surface area contributed by atoms with Gasteiger partial charge in [0.05, 0.1) is 4.92 Å². The van der Waals surface area contributed by atoms with E-state index in [9.17, 15) is 18.5 Å². The molecule has 0 saturated carbocycles. The van der Waals surface area contributed by atoms with Gasteiger partial charge in [0.1, 0.15) is 14.9 Å². The topological polar surface area (TPSA) is 89.3 Å². The van der Waals surface area contributed by atoms with Crippen molar-refractivity contribution in [2.45, 2.75) is 4.90 Å². The van der Waals surface area contributed by atoms with Gasteiger partial charge in [0.15, 0.2) is 0 Å². The van der Waals surface area contributed by atoms with E-state index >= 15 is 0 Å². The molecule has 1 rings (SSSR count). The third-order valence-corrected chi connectivity index (χ3v) is 4.59. The fraction of sp³-hybridized carbons (Fsp3) is 0.250. The van der Waals surface area contributed by atoms with Crippen LogP contribution in [0.3, 0.4) is 0 Å². The molecule has 0 spiro atoms. The lowest BCUT2D eigenvalue weighted by Crippen LogP contribution is -2.25. The number of hydrogen-bond donors (Lipinski definition) is 1. The van der Waals surface area contributed by atoms with Gasteiger partial charge in [-0.2, -0.15) is 0 Å². The van der Waals surface area contributed by atoms with Gasteiger partial charge < -0.3 is 0 Å². The van der Waals surface area contributed by atoms with E-state index in [1.165, 1.54) is 0 Å². The Morgan fingerprint density at radius 2 is 2.00 bits per heavy atom. The standard InChI is InChI=1S/C8H7BrCl2N2O4S/c9-3-4-12-18(16,17)6-2-1-5(10)8(7(6)11)13(14)15/h1-2,12H,3-4H2. The van der Waals surface area contributed by atoms with Gasteiger partial charge in [0, 0.05) is 11.9 Å². The second-order valence-corrected chi connectivity index (χ2v) is 6.37. The highest BCUT2D eigenvalue weighted by Crippen LogP contribution is 2.36. The van der Waals surface area contributed by atoms with Gasteiger partial charge in [0.2, 0.25) is 10.0 Å². The van der Waals surface area contributed by atoms with Crippen LogP contribution in [0.25, 0.3) is 0 Å². The predicted octanol–water partition coefficient (Wildman–Crippen LogP) is 2.57. The monoisotopic (exact) mass is 376 g/mol. The third kappa shape index (κ3) is 3.33. The van der Waals surface area contributed by atoms with Gasteiger partial charge >= 0.3 is 5.69 Å². The Bertz CT molecular complexity index is 579. The molecular weight excluding hydrogens is 371 g/mol. The highest BCUT2D eigenvalue weighted by atomic mass is 79.9. The third-order valence-electron chi connectivity index (χ3n) is 1.89. The SMILES string of the molecule is O=[N+]([O-])c1c(Cl)ccc(S(=O)(=O)NCCBr)c1Cl. The Balaban J connectivity index is 3.36. The molecule has 0 heterocycles. The van der Waals surface area contributed by atoms with Crippen LogP contribution in [0.1, 0.15) is 0 Å². The van der Waals surface area contributed by atoms with Crippen LogP contribution in [0.15, 0.2) is 17.0 Å². The molecule has 0 fully saturated rings. The molecule has 0 amide bonds. The Morgan fingerprint density at radius 3 is 2.50 bits per heavy atom. The number of nitrogens with one attached hydrogen (secondary N) is 1. The molecule has 0 bridgehead atoms. The average Bonchev–Trinajstić information content (AvgIpc) is 2.25. The molecule has 18 heavy (non-hydrogen) atoms. The molecule has 1 aromatic rings. The number of rotatable bonds is 5. The van der Waals surface area contributed by atoms with Crippen molar-refractivity contribution in [3.63, 3.8) is 0 Å². The first-order valence-corrected chi connectivity index (χ1v) is 7.85. The maximum atomic E-state index is 11.8. The van der Waals surface area contributed by atoms with Crippen LogP contribution >= 0.6 is 39.1 Å². The summed E-state index contributed by atoms with van der Waals surface area (Å²) < 4.78 is 25.9. The van der Waals surface area contributed by atoms with Gasteiger partial charge in [0.25, 0.3) is 0 Å². The number of hydrogen-bond acceptors (Lipinski definition) is 4. The predicted molar refractivity (Wildman–Crippen MR) is 72.1 cm³/mol. The second-order valence-electron chi connectivity index (χ2n) is 3.05. The van der Waals surface area contributed by atoms with Crippen LogP contribution in [0.2, 0.25) is 10.0 Å². The zero-order valence-corrected chi connectivity index (χ0v) is 12.6. The summed E-state index contributed by atoms with van der Waals surface area (Å²) in [5.41, 5.74) is -0.625. The molecule has 1 N–H and O–H groups in total. The maximum Gasteiger partial charge on any atom is 0.307 e. The molecule has 1 aromatic carbocycles. The van der Waals surface area contributed by atoms with Crippen LogP contribution in [0.5, 0.6) is 0 Å². The van der Waals surface area contributed by atoms with Crippen molar-refractivity contribution in [2.75, 3.05) is 11.9 Å². The molecule has 0 atom stereocenters. The molecule has 0 radical (unpaired) electrons. The summed E-state index contributed by atoms with van der Waals surface area (Å²) in [5.74, 6) is 0.